The van der Waals surface area contributed by atoms with Crippen molar-refractivity contribution in [3.8, 4) is 0 Å². The molecule has 0 aromatic rings. The molecule has 7 unspecified atom stereocenters. The van der Waals surface area contributed by atoms with E-state index in [4.69, 9.17) is 9.47 Å². The lowest BCUT2D eigenvalue weighted by Crippen LogP contribution is -2.60. The second-order valence-electron chi connectivity index (χ2n) is 15.1. The molecule has 9 nitrogen and oxygen atoms in total. The molecule has 1 heterocycles. The topological polar surface area (TPSA) is 149 Å². The lowest BCUT2D eigenvalue weighted by Gasteiger charge is -2.40. The van der Waals surface area contributed by atoms with Gasteiger partial charge in [-0.05, 0) is 32.1 Å². The van der Waals surface area contributed by atoms with E-state index in [1.807, 2.05) is 6.08 Å². The average molecular weight is 740 g/mol. The number of aliphatic hydroxyl groups is 5. The van der Waals surface area contributed by atoms with Crippen LogP contribution in [0.4, 0.5) is 0 Å². The highest BCUT2D eigenvalue weighted by molar-refractivity contribution is 5.76. The molecule has 0 saturated carbocycles. The molecule has 1 rings (SSSR count). The molecule has 6 N–H and O–H groups in total. The zero-order valence-corrected chi connectivity index (χ0v) is 33.3. The Labute approximate surface area is 318 Å². The Bertz CT molecular complexity index is 868. The molecule has 0 spiro atoms. The van der Waals surface area contributed by atoms with Gasteiger partial charge in [0, 0.05) is 6.42 Å². The van der Waals surface area contributed by atoms with Gasteiger partial charge in [0.05, 0.1) is 25.4 Å². The minimum Gasteiger partial charge on any atom is -0.394 e. The summed E-state index contributed by atoms with van der Waals surface area (Å²) in [5, 5.41) is 54.0. The maximum Gasteiger partial charge on any atom is 0.220 e. The normalized spacial score (nSPS) is 22.0. The van der Waals surface area contributed by atoms with Gasteiger partial charge in [-0.3, -0.25) is 4.79 Å². The quantitative estimate of drug-likeness (QED) is 0.0281. The highest BCUT2D eigenvalue weighted by Crippen LogP contribution is 2.22. The van der Waals surface area contributed by atoms with E-state index < -0.39 is 49.5 Å². The summed E-state index contributed by atoms with van der Waals surface area (Å²) in [5.74, 6) is -0.188. The van der Waals surface area contributed by atoms with Crippen molar-refractivity contribution in [2.24, 2.45) is 0 Å². The summed E-state index contributed by atoms with van der Waals surface area (Å²) in [4.78, 5) is 12.9. The van der Waals surface area contributed by atoms with Crippen molar-refractivity contribution in [2.45, 2.75) is 230 Å². The van der Waals surface area contributed by atoms with E-state index in [0.717, 1.165) is 38.5 Å². The Kier molecular flexibility index (Phi) is 32.0. The summed E-state index contributed by atoms with van der Waals surface area (Å²) in [7, 11) is 0. The number of amides is 1. The first-order chi connectivity index (χ1) is 25.3. The monoisotopic (exact) mass is 740 g/mol. The van der Waals surface area contributed by atoms with Crippen LogP contribution in [0.2, 0.25) is 0 Å². The fourth-order valence-electron chi connectivity index (χ4n) is 6.76. The van der Waals surface area contributed by atoms with E-state index in [1.165, 1.54) is 128 Å². The molecule has 0 aliphatic carbocycles. The van der Waals surface area contributed by atoms with Crippen molar-refractivity contribution < 1.29 is 39.8 Å². The van der Waals surface area contributed by atoms with Crippen LogP contribution in [0.3, 0.4) is 0 Å². The maximum absolute atomic E-state index is 12.9. The summed E-state index contributed by atoms with van der Waals surface area (Å²) >= 11 is 0. The van der Waals surface area contributed by atoms with Crippen molar-refractivity contribution >= 4 is 5.91 Å². The van der Waals surface area contributed by atoms with Crippen LogP contribution in [0.1, 0.15) is 187 Å². The Balaban J connectivity index is 2.42. The van der Waals surface area contributed by atoms with Crippen LogP contribution >= 0.6 is 0 Å². The van der Waals surface area contributed by atoms with Crippen LogP contribution in [0.25, 0.3) is 0 Å². The zero-order chi connectivity index (χ0) is 38.1. The summed E-state index contributed by atoms with van der Waals surface area (Å²) < 4.78 is 11.2. The number of allylic oxidation sites excluding steroid dienone is 3. The summed E-state index contributed by atoms with van der Waals surface area (Å²) in [6.07, 6.45) is 32.2. The molecule has 0 aromatic carbocycles. The van der Waals surface area contributed by atoms with Gasteiger partial charge in [0.25, 0.3) is 0 Å². The molecule has 7 atom stereocenters. The lowest BCUT2D eigenvalue weighted by atomic mass is 9.99. The molecular weight excluding hydrogens is 658 g/mol. The fourth-order valence-corrected chi connectivity index (χ4v) is 6.76. The molecule has 1 amide bonds. The van der Waals surface area contributed by atoms with Crippen molar-refractivity contribution in [2.75, 3.05) is 13.2 Å². The molecule has 1 fully saturated rings. The van der Waals surface area contributed by atoms with E-state index in [1.54, 1.807) is 6.08 Å². The molecule has 1 aliphatic heterocycles. The number of carbonyl (C=O) groups excluding carboxylic acids is 1. The van der Waals surface area contributed by atoms with Gasteiger partial charge < -0.3 is 40.3 Å². The minimum atomic E-state index is -1.57. The first kappa shape index (κ1) is 48.7. The molecule has 0 radical (unpaired) electrons. The van der Waals surface area contributed by atoms with Gasteiger partial charge in [0.1, 0.15) is 24.4 Å². The van der Waals surface area contributed by atoms with Crippen molar-refractivity contribution in [3.63, 3.8) is 0 Å². The highest BCUT2D eigenvalue weighted by atomic mass is 16.7. The van der Waals surface area contributed by atoms with Gasteiger partial charge in [-0.1, -0.05) is 173 Å². The van der Waals surface area contributed by atoms with E-state index >= 15 is 0 Å². The minimum absolute atomic E-state index is 0.188. The molecule has 52 heavy (non-hydrogen) atoms. The van der Waals surface area contributed by atoms with Crippen LogP contribution in [0, 0.1) is 0 Å². The predicted octanol–water partition coefficient (Wildman–Crippen LogP) is 8.33. The number of rotatable bonds is 35. The first-order valence-corrected chi connectivity index (χ1v) is 21.6. The number of nitrogens with one attached hydrogen (secondary N) is 1. The second kappa shape index (κ2) is 34.2. The Morgan fingerprint density at radius 1 is 0.635 bits per heavy atom. The Hall–Kier alpha value is -1.33. The fraction of sp³-hybridized carbons (Fsp3) is 0.884. The summed E-state index contributed by atoms with van der Waals surface area (Å²) in [6.45, 7) is 3.74. The third-order valence-electron chi connectivity index (χ3n) is 10.3. The van der Waals surface area contributed by atoms with E-state index in [9.17, 15) is 30.3 Å². The largest absolute Gasteiger partial charge is 0.394 e. The van der Waals surface area contributed by atoms with E-state index in [2.05, 4.69) is 31.3 Å². The Morgan fingerprint density at radius 3 is 1.62 bits per heavy atom. The van der Waals surface area contributed by atoms with Gasteiger partial charge in [-0.25, -0.2) is 0 Å². The van der Waals surface area contributed by atoms with Gasteiger partial charge in [0.2, 0.25) is 5.91 Å². The third kappa shape index (κ3) is 24.9. The standard InChI is InChI=1S/C43H81NO8/c1-3-5-7-9-11-13-15-17-18-19-20-21-22-24-26-28-30-32-37(46)36(35-51-43-42(50)41(49)40(48)38(34-45)52-43)44-39(47)33-31-29-27-25-23-16-14-12-10-8-6-4-2/h22,24,30,32,36-38,40-43,45-46,48-50H,3-21,23,25-29,31,33-35H2,1-2H3,(H,44,47)/b24-22+,32-30+. The number of aliphatic hydroxyl groups excluding tert-OH is 5. The van der Waals surface area contributed by atoms with Gasteiger partial charge in [-0.2, -0.15) is 0 Å². The Morgan fingerprint density at radius 2 is 1.10 bits per heavy atom. The van der Waals surface area contributed by atoms with Crippen LogP contribution < -0.4 is 5.32 Å². The van der Waals surface area contributed by atoms with Gasteiger partial charge in [0.15, 0.2) is 6.29 Å². The molecule has 1 saturated heterocycles. The molecule has 0 bridgehead atoms. The number of hydrogen-bond donors (Lipinski definition) is 6. The molecule has 9 heteroatoms. The maximum atomic E-state index is 12.9. The molecule has 0 aromatic heterocycles. The summed E-state index contributed by atoms with van der Waals surface area (Å²) in [5.41, 5.74) is 0. The van der Waals surface area contributed by atoms with Crippen molar-refractivity contribution in [1.82, 2.24) is 5.32 Å². The SMILES string of the molecule is CCCCCCCCCCCCC/C=C/CC/C=C/C(O)C(COC1OC(CO)C(O)C(O)C1O)NC(=O)CCCCCCCCCCCCCC. The van der Waals surface area contributed by atoms with E-state index in [0.29, 0.717) is 6.42 Å². The van der Waals surface area contributed by atoms with Crippen molar-refractivity contribution in [1.29, 1.82) is 0 Å². The third-order valence-corrected chi connectivity index (χ3v) is 10.3. The van der Waals surface area contributed by atoms with Crippen LogP contribution in [-0.2, 0) is 14.3 Å². The second-order valence-corrected chi connectivity index (χ2v) is 15.1. The zero-order valence-electron chi connectivity index (χ0n) is 33.3. The van der Waals surface area contributed by atoms with Gasteiger partial charge in [-0.15, -0.1) is 0 Å². The predicted molar refractivity (Wildman–Crippen MR) is 212 cm³/mol. The lowest BCUT2D eigenvalue weighted by molar-refractivity contribution is -0.302. The summed E-state index contributed by atoms with van der Waals surface area (Å²) in [6, 6.07) is -0.815. The molecule has 1 aliphatic rings. The molecule has 306 valence electrons. The van der Waals surface area contributed by atoms with Crippen LogP contribution in [-0.4, -0.2) is 87.5 Å². The highest BCUT2D eigenvalue weighted by Gasteiger charge is 2.44. The van der Waals surface area contributed by atoms with E-state index in [-0.39, 0.29) is 12.5 Å². The number of ether oxygens (including phenoxy) is 2. The average Bonchev–Trinajstić information content (AvgIpc) is 3.14. The smallest absolute Gasteiger partial charge is 0.220 e. The van der Waals surface area contributed by atoms with Crippen LogP contribution in [0.15, 0.2) is 24.3 Å². The van der Waals surface area contributed by atoms with Crippen molar-refractivity contribution in [3.05, 3.63) is 24.3 Å². The molecular formula is C43H81NO8. The number of unbranched alkanes of at least 4 members (excludes halogenated alkanes) is 23. The first-order valence-electron chi connectivity index (χ1n) is 21.6. The number of hydrogen-bond acceptors (Lipinski definition) is 8. The number of carbonyl (C=O) groups is 1. The van der Waals surface area contributed by atoms with Crippen LogP contribution in [0.5, 0.6) is 0 Å². The van der Waals surface area contributed by atoms with Gasteiger partial charge >= 0.3 is 0 Å².